The predicted octanol–water partition coefficient (Wildman–Crippen LogP) is 3.18. The highest BCUT2D eigenvalue weighted by Crippen LogP contribution is 2.24. The first-order valence-electron chi connectivity index (χ1n) is 6.74. The summed E-state index contributed by atoms with van der Waals surface area (Å²) in [5.41, 5.74) is 4.04. The van der Waals surface area contributed by atoms with Gasteiger partial charge in [0.2, 0.25) is 0 Å². The molecule has 2 aromatic heterocycles. The van der Waals surface area contributed by atoms with E-state index >= 15 is 0 Å². The van der Waals surface area contributed by atoms with Gasteiger partial charge in [-0.25, -0.2) is 0 Å². The molecule has 0 amide bonds. The maximum absolute atomic E-state index is 6.20. The van der Waals surface area contributed by atoms with E-state index in [0.717, 1.165) is 23.0 Å². The first kappa shape index (κ1) is 13.9. The summed E-state index contributed by atoms with van der Waals surface area (Å²) < 4.78 is 0. The molecule has 1 aromatic carbocycles. The van der Waals surface area contributed by atoms with Crippen LogP contribution in [-0.2, 0) is 6.42 Å². The molecule has 0 spiro atoms. The van der Waals surface area contributed by atoms with Gasteiger partial charge in [0.15, 0.2) is 0 Å². The molecule has 0 saturated carbocycles. The summed E-state index contributed by atoms with van der Waals surface area (Å²) in [6.07, 6.45) is 7.65. The monoisotopic (exact) mass is 298 g/mol. The first-order chi connectivity index (χ1) is 10.3. The number of likely N-dealkylation sites (N-methyl/N-ethyl adjacent to an activating group) is 1. The van der Waals surface area contributed by atoms with Crippen LogP contribution >= 0.6 is 11.6 Å². The Morgan fingerprint density at radius 2 is 1.90 bits per heavy atom. The Bertz CT molecular complexity index is 760. The van der Waals surface area contributed by atoms with Crippen molar-refractivity contribution in [3.8, 4) is 0 Å². The number of rotatable bonds is 4. The van der Waals surface area contributed by atoms with Crippen molar-refractivity contribution in [3.63, 3.8) is 0 Å². The van der Waals surface area contributed by atoms with E-state index in [1.165, 1.54) is 5.56 Å². The standard InChI is InChI=1S/C16H15ClN4/c1-18-15(8-11-4-5-19-10-13(11)17)12-2-3-14-16(9-12)21-7-6-20-14/h2-7,9-10,15,18H,8H2,1H3. The average molecular weight is 299 g/mol. The Morgan fingerprint density at radius 3 is 2.67 bits per heavy atom. The number of halogens is 1. The third-order valence-electron chi connectivity index (χ3n) is 3.52. The third kappa shape index (κ3) is 3.01. The number of nitrogens with zero attached hydrogens (tertiary/aromatic N) is 3. The molecule has 0 aliphatic rings. The smallest absolute Gasteiger partial charge is 0.0890 e. The van der Waals surface area contributed by atoms with E-state index < -0.39 is 0 Å². The van der Waals surface area contributed by atoms with Gasteiger partial charge in [0.1, 0.15) is 0 Å². The molecule has 0 saturated heterocycles. The Labute approximate surface area is 128 Å². The van der Waals surface area contributed by atoms with E-state index in [0.29, 0.717) is 5.02 Å². The molecular weight excluding hydrogens is 284 g/mol. The summed E-state index contributed by atoms with van der Waals surface area (Å²) in [5, 5.41) is 4.02. The molecule has 0 bridgehead atoms. The van der Waals surface area contributed by atoms with Crippen LogP contribution in [0.1, 0.15) is 17.2 Å². The summed E-state index contributed by atoms with van der Waals surface area (Å²) >= 11 is 6.20. The molecule has 3 rings (SSSR count). The molecule has 4 nitrogen and oxygen atoms in total. The van der Waals surface area contributed by atoms with Crippen molar-refractivity contribution in [1.82, 2.24) is 20.3 Å². The number of hydrogen-bond donors (Lipinski definition) is 1. The lowest BCUT2D eigenvalue weighted by Gasteiger charge is -2.17. The van der Waals surface area contributed by atoms with Crippen molar-refractivity contribution >= 4 is 22.6 Å². The minimum Gasteiger partial charge on any atom is -0.313 e. The van der Waals surface area contributed by atoms with E-state index in [4.69, 9.17) is 11.6 Å². The van der Waals surface area contributed by atoms with Crippen LogP contribution in [0.25, 0.3) is 11.0 Å². The second kappa shape index (κ2) is 6.16. The lowest BCUT2D eigenvalue weighted by molar-refractivity contribution is 0.592. The maximum atomic E-state index is 6.20. The highest BCUT2D eigenvalue weighted by atomic mass is 35.5. The van der Waals surface area contributed by atoms with Crippen molar-refractivity contribution in [2.75, 3.05) is 7.05 Å². The molecule has 0 radical (unpaired) electrons. The minimum absolute atomic E-state index is 0.163. The van der Waals surface area contributed by atoms with Gasteiger partial charge in [-0.3, -0.25) is 15.0 Å². The minimum atomic E-state index is 0.163. The number of aromatic nitrogens is 3. The van der Waals surface area contributed by atoms with Crippen molar-refractivity contribution < 1.29 is 0 Å². The van der Waals surface area contributed by atoms with Crippen LogP contribution in [0.4, 0.5) is 0 Å². The fourth-order valence-corrected chi connectivity index (χ4v) is 2.57. The molecule has 0 aliphatic heterocycles. The van der Waals surface area contributed by atoms with Gasteiger partial charge in [-0.15, -0.1) is 0 Å². The highest BCUT2D eigenvalue weighted by Gasteiger charge is 2.13. The zero-order chi connectivity index (χ0) is 14.7. The molecule has 1 atom stereocenters. The van der Waals surface area contributed by atoms with Gasteiger partial charge in [-0.05, 0) is 42.8 Å². The summed E-state index contributed by atoms with van der Waals surface area (Å²) in [6.45, 7) is 0. The molecule has 0 aliphatic carbocycles. The number of fused-ring (bicyclic) bond motifs is 1. The molecule has 2 heterocycles. The largest absolute Gasteiger partial charge is 0.313 e. The van der Waals surface area contributed by atoms with Crippen LogP contribution < -0.4 is 5.32 Å². The number of pyridine rings is 1. The summed E-state index contributed by atoms with van der Waals surface area (Å²) in [6, 6.07) is 8.26. The topological polar surface area (TPSA) is 50.7 Å². The van der Waals surface area contributed by atoms with Crippen LogP contribution in [0, 0.1) is 0 Å². The fraction of sp³-hybridized carbons (Fsp3) is 0.188. The quantitative estimate of drug-likeness (QED) is 0.804. The third-order valence-corrected chi connectivity index (χ3v) is 3.87. The number of benzene rings is 1. The van der Waals surface area contributed by atoms with E-state index in [1.807, 2.05) is 19.2 Å². The number of hydrogen-bond acceptors (Lipinski definition) is 4. The second-order valence-electron chi connectivity index (χ2n) is 4.82. The molecule has 3 aromatic rings. The van der Waals surface area contributed by atoms with Gasteiger partial charge in [0, 0.05) is 30.8 Å². The Morgan fingerprint density at radius 1 is 1.10 bits per heavy atom. The summed E-state index contributed by atoms with van der Waals surface area (Å²) in [4.78, 5) is 12.7. The van der Waals surface area contributed by atoms with Gasteiger partial charge in [0.25, 0.3) is 0 Å². The first-order valence-corrected chi connectivity index (χ1v) is 7.12. The van der Waals surface area contributed by atoms with Gasteiger partial charge in [-0.1, -0.05) is 17.7 Å². The maximum Gasteiger partial charge on any atom is 0.0890 e. The SMILES string of the molecule is CNC(Cc1ccncc1Cl)c1ccc2nccnc2c1. The second-order valence-corrected chi connectivity index (χ2v) is 5.22. The van der Waals surface area contributed by atoms with Crippen LogP contribution in [0.5, 0.6) is 0 Å². The van der Waals surface area contributed by atoms with Crippen LogP contribution in [0.2, 0.25) is 5.02 Å². The van der Waals surface area contributed by atoms with Crippen molar-refractivity contribution in [3.05, 3.63) is 65.2 Å². The van der Waals surface area contributed by atoms with Crippen molar-refractivity contribution in [2.24, 2.45) is 0 Å². The van der Waals surface area contributed by atoms with E-state index in [-0.39, 0.29) is 6.04 Å². The molecule has 21 heavy (non-hydrogen) atoms. The fourth-order valence-electron chi connectivity index (χ4n) is 2.37. The van der Waals surface area contributed by atoms with Crippen LogP contribution in [0.3, 0.4) is 0 Å². The molecular formula is C16H15ClN4. The number of nitrogens with one attached hydrogen (secondary N) is 1. The predicted molar refractivity (Wildman–Crippen MR) is 84.3 cm³/mol. The van der Waals surface area contributed by atoms with Gasteiger partial charge >= 0.3 is 0 Å². The zero-order valence-corrected chi connectivity index (χ0v) is 12.4. The van der Waals surface area contributed by atoms with Crippen LogP contribution in [0.15, 0.2) is 49.1 Å². The summed E-state index contributed by atoms with van der Waals surface area (Å²) in [5.74, 6) is 0. The summed E-state index contributed by atoms with van der Waals surface area (Å²) in [7, 11) is 1.95. The Hall–Kier alpha value is -2.04. The van der Waals surface area contributed by atoms with E-state index in [1.54, 1.807) is 24.8 Å². The molecule has 1 N–H and O–H groups in total. The van der Waals surface area contributed by atoms with Crippen molar-refractivity contribution in [1.29, 1.82) is 0 Å². The zero-order valence-electron chi connectivity index (χ0n) is 11.6. The molecule has 106 valence electrons. The highest BCUT2D eigenvalue weighted by molar-refractivity contribution is 6.31. The van der Waals surface area contributed by atoms with E-state index in [9.17, 15) is 0 Å². The molecule has 1 unspecified atom stereocenters. The van der Waals surface area contributed by atoms with Gasteiger partial charge < -0.3 is 5.32 Å². The Kier molecular flexibility index (Phi) is 4.08. The lowest BCUT2D eigenvalue weighted by atomic mass is 9.99. The normalized spacial score (nSPS) is 12.5. The molecule has 5 heteroatoms. The van der Waals surface area contributed by atoms with E-state index in [2.05, 4.69) is 32.4 Å². The molecule has 0 fully saturated rings. The van der Waals surface area contributed by atoms with Crippen molar-refractivity contribution in [2.45, 2.75) is 12.5 Å². The average Bonchev–Trinajstić information content (AvgIpc) is 2.54. The Balaban J connectivity index is 1.93. The van der Waals surface area contributed by atoms with Gasteiger partial charge in [-0.2, -0.15) is 0 Å². The van der Waals surface area contributed by atoms with Gasteiger partial charge in [0.05, 0.1) is 16.1 Å². The lowest BCUT2D eigenvalue weighted by Crippen LogP contribution is -2.19. The van der Waals surface area contributed by atoms with Crippen LogP contribution in [-0.4, -0.2) is 22.0 Å².